The maximum Gasteiger partial charge on any atom is 0.200 e. The molecule has 0 amide bonds. The van der Waals surface area contributed by atoms with E-state index < -0.39 is 0 Å². The highest BCUT2D eigenvalue weighted by Crippen LogP contribution is 2.41. The Morgan fingerprint density at radius 1 is 0.913 bits per heavy atom. The van der Waals surface area contributed by atoms with Gasteiger partial charge in [0.05, 0.1) is 12.0 Å². The number of rotatable bonds is 2. The van der Waals surface area contributed by atoms with Crippen molar-refractivity contribution in [3.8, 4) is 5.75 Å². The van der Waals surface area contributed by atoms with Crippen molar-refractivity contribution in [3.63, 3.8) is 0 Å². The minimum Gasteiger partial charge on any atom is -0.496 e. The molecule has 0 saturated carbocycles. The van der Waals surface area contributed by atoms with E-state index in [4.69, 9.17) is 4.74 Å². The molecule has 1 aliphatic heterocycles. The molecular weight excluding hydrogens is 304 g/mol. The van der Waals surface area contributed by atoms with Crippen LogP contribution < -0.4 is 4.74 Å². The molecule has 0 aromatic heterocycles. The van der Waals surface area contributed by atoms with Crippen molar-refractivity contribution in [2.45, 2.75) is 4.90 Å². The van der Waals surface area contributed by atoms with Crippen molar-refractivity contribution in [2.75, 3.05) is 7.11 Å². The average molecular weight is 318 g/mol. The van der Waals surface area contributed by atoms with E-state index in [-0.39, 0.29) is 5.78 Å². The summed E-state index contributed by atoms with van der Waals surface area (Å²) in [5, 5.41) is 2.14. The van der Waals surface area contributed by atoms with Crippen LogP contribution in [-0.2, 0) is 0 Å². The number of hydrogen-bond donors (Lipinski definition) is 0. The molecule has 1 aliphatic rings. The minimum absolute atomic E-state index is 0.102. The molecular formula is C20H14O2S. The molecule has 0 unspecified atom stereocenters. The maximum absolute atomic E-state index is 12.5. The Balaban J connectivity index is 1.85. The van der Waals surface area contributed by atoms with Gasteiger partial charge in [-0.1, -0.05) is 54.2 Å². The van der Waals surface area contributed by atoms with Gasteiger partial charge in [0, 0.05) is 15.8 Å². The van der Waals surface area contributed by atoms with Gasteiger partial charge in [-0.25, -0.2) is 0 Å². The smallest absolute Gasteiger partial charge is 0.200 e. The van der Waals surface area contributed by atoms with E-state index in [9.17, 15) is 4.79 Å². The number of ether oxygens (including phenoxy) is 1. The van der Waals surface area contributed by atoms with Gasteiger partial charge in [-0.3, -0.25) is 4.79 Å². The molecule has 0 saturated heterocycles. The zero-order chi connectivity index (χ0) is 15.8. The summed E-state index contributed by atoms with van der Waals surface area (Å²) in [5.41, 5.74) is 1.83. The van der Waals surface area contributed by atoms with E-state index >= 15 is 0 Å². The van der Waals surface area contributed by atoms with E-state index in [0.29, 0.717) is 0 Å². The van der Waals surface area contributed by atoms with Gasteiger partial charge in [-0.2, -0.15) is 0 Å². The number of allylic oxidation sites excluding steroid dienone is 1. The predicted octanol–water partition coefficient (Wildman–Crippen LogP) is 5.18. The molecule has 1 heterocycles. The summed E-state index contributed by atoms with van der Waals surface area (Å²) in [7, 11) is 1.67. The van der Waals surface area contributed by atoms with Crippen LogP contribution in [0.25, 0.3) is 16.8 Å². The summed E-state index contributed by atoms with van der Waals surface area (Å²) in [4.78, 5) is 14.3. The van der Waals surface area contributed by atoms with Gasteiger partial charge in [0.15, 0.2) is 0 Å². The molecule has 3 heteroatoms. The zero-order valence-corrected chi connectivity index (χ0v) is 13.4. The quantitative estimate of drug-likeness (QED) is 0.609. The third-order valence-corrected chi connectivity index (χ3v) is 5.10. The first-order chi connectivity index (χ1) is 11.3. The molecule has 0 fully saturated rings. The van der Waals surface area contributed by atoms with Gasteiger partial charge in [-0.05, 0) is 35.2 Å². The van der Waals surface area contributed by atoms with Crippen LogP contribution in [0.4, 0.5) is 0 Å². The van der Waals surface area contributed by atoms with Gasteiger partial charge in [0.2, 0.25) is 5.78 Å². The van der Waals surface area contributed by atoms with Crippen LogP contribution in [-0.4, -0.2) is 12.9 Å². The third-order valence-electron chi connectivity index (χ3n) is 4.00. The van der Waals surface area contributed by atoms with E-state index in [1.54, 1.807) is 7.11 Å². The molecule has 0 aliphatic carbocycles. The molecule has 23 heavy (non-hydrogen) atoms. The lowest BCUT2D eigenvalue weighted by molar-refractivity contribution is 0.104. The monoisotopic (exact) mass is 318 g/mol. The summed E-state index contributed by atoms with van der Waals surface area (Å²) in [6.45, 7) is 0. The SMILES string of the molecule is COc1ccc(/C=C2\Sc3ccccc3C2=O)c2ccccc12. The normalized spacial score (nSPS) is 15.2. The van der Waals surface area contributed by atoms with E-state index in [0.717, 1.165) is 37.4 Å². The minimum atomic E-state index is 0.102. The number of methoxy groups -OCH3 is 1. The number of benzene rings is 3. The molecule has 3 aromatic rings. The molecule has 112 valence electrons. The van der Waals surface area contributed by atoms with Gasteiger partial charge in [0.1, 0.15) is 5.75 Å². The molecule has 0 radical (unpaired) electrons. The highest BCUT2D eigenvalue weighted by Gasteiger charge is 2.25. The fourth-order valence-electron chi connectivity index (χ4n) is 2.88. The first kappa shape index (κ1) is 14.1. The third kappa shape index (κ3) is 2.34. The van der Waals surface area contributed by atoms with Crippen LogP contribution in [0.1, 0.15) is 15.9 Å². The highest BCUT2D eigenvalue weighted by atomic mass is 32.2. The second-order valence-electron chi connectivity index (χ2n) is 5.34. The Morgan fingerprint density at radius 2 is 1.65 bits per heavy atom. The summed E-state index contributed by atoms with van der Waals surface area (Å²) >= 11 is 1.54. The largest absolute Gasteiger partial charge is 0.496 e. The van der Waals surface area contributed by atoms with Gasteiger partial charge >= 0.3 is 0 Å². The zero-order valence-electron chi connectivity index (χ0n) is 12.6. The van der Waals surface area contributed by atoms with Crippen molar-refractivity contribution in [1.29, 1.82) is 0 Å². The number of Topliss-reactive ketones (excluding diaryl/α,β-unsaturated/α-hetero) is 1. The maximum atomic E-state index is 12.5. The Morgan fingerprint density at radius 3 is 2.43 bits per heavy atom. The lowest BCUT2D eigenvalue weighted by atomic mass is 10.0. The van der Waals surface area contributed by atoms with Gasteiger partial charge in [-0.15, -0.1) is 0 Å². The Hall–Kier alpha value is -2.52. The fraction of sp³-hybridized carbons (Fsp3) is 0.0500. The number of hydrogen-bond acceptors (Lipinski definition) is 3. The molecule has 2 nitrogen and oxygen atoms in total. The van der Waals surface area contributed by atoms with Crippen LogP contribution in [0.2, 0.25) is 0 Å². The summed E-state index contributed by atoms with van der Waals surface area (Å²) in [5.74, 6) is 0.946. The lowest BCUT2D eigenvalue weighted by Crippen LogP contribution is -1.94. The molecule has 3 aromatic carbocycles. The Bertz CT molecular complexity index is 957. The summed E-state index contributed by atoms with van der Waals surface area (Å²) in [6, 6.07) is 19.8. The number of ketones is 1. The first-order valence-corrected chi connectivity index (χ1v) is 8.18. The molecule has 4 rings (SSSR count). The lowest BCUT2D eigenvalue weighted by Gasteiger charge is -2.08. The van der Waals surface area contributed by atoms with Crippen molar-refractivity contribution in [3.05, 3.63) is 76.7 Å². The predicted molar refractivity (Wildman–Crippen MR) is 95.1 cm³/mol. The van der Waals surface area contributed by atoms with E-state index in [1.165, 1.54) is 11.8 Å². The number of thioether (sulfide) groups is 1. The molecule has 0 atom stereocenters. The Labute approximate surface area is 138 Å². The summed E-state index contributed by atoms with van der Waals surface area (Å²) in [6.07, 6.45) is 1.98. The van der Waals surface area contributed by atoms with E-state index in [2.05, 4.69) is 6.07 Å². The van der Waals surface area contributed by atoms with E-state index in [1.807, 2.05) is 60.7 Å². The van der Waals surface area contributed by atoms with Crippen molar-refractivity contribution < 1.29 is 9.53 Å². The Kier molecular flexibility index (Phi) is 3.43. The van der Waals surface area contributed by atoms with Gasteiger partial charge < -0.3 is 4.74 Å². The standard InChI is InChI=1S/C20H14O2S/c1-22-17-11-10-13(14-6-2-3-7-15(14)17)12-19-20(21)16-8-4-5-9-18(16)23-19/h2-12H,1H3/b19-12-. The fourth-order valence-corrected chi connectivity index (χ4v) is 3.92. The highest BCUT2D eigenvalue weighted by molar-refractivity contribution is 8.04. The average Bonchev–Trinajstić information content (AvgIpc) is 2.91. The first-order valence-electron chi connectivity index (χ1n) is 7.37. The number of carbonyl (C=O) groups is 1. The van der Waals surface area contributed by atoms with Crippen molar-refractivity contribution in [2.24, 2.45) is 0 Å². The number of fused-ring (bicyclic) bond motifs is 2. The second-order valence-corrected chi connectivity index (χ2v) is 6.42. The molecule has 0 spiro atoms. The van der Waals surface area contributed by atoms with Crippen LogP contribution in [0.15, 0.2) is 70.5 Å². The van der Waals surface area contributed by atoms with Crippen molar-refractivity contribution in [1.82, 2.24) is 0 Å². The van der Waals surface area contributed by atoms with Gasteiger partial charge in [0.25, 0.3) is 0 Å². The van der Waals surface area contributed by atoms with Crippen LogP contribution in [0, 0.1) is 0 Å². The second kappa shape index (κ2) is 5.60. The molecule has 0 bridgehead atoms. The van der Waals surface area contributed by atoms with Crippen LogP contribution in [0.3, 0.4) is 0 Å². The summed E-state index contributed by atoms with van der Waals surface area (Å²) < 4.78 is 5.43. The van der Waals surface area contributed by atoms with Crippen LogP contribution in [0.5, 0.6) is 5.75 Å². The number of carbonyl (C=O) groups excluding carboxylic acids is 1. The van der Waals surface area contributed by atoms with Crippen LogP contribution >= 0.6 is 11.8 Å². The molecule has 0 N–H and O–H groups in total. The van der Waals surface area contributed by atoms with Crippen molar-refractivity contribution >= 4 is 34.4 Å². The topological polar surface area (TPSA) is 26.3 Å².